The number of ether oxygens (including phenoxy) is 3. The lowest BCUT2D eigenvalue weighted by molar-refractivity contribution is 0.103. The van der Waals surface area contributed by atoms with E-state index in [4.69, 9.17) is 14.2 Å². The van der Waals surface area contributed by atoms with Crippen LogP contribution in [0.4, 0.5) is 0 Å². The summed E-state index contributed by atoms with van der Waals surface area (Å²) in [6.45, 7) is 1.66. The van der Waals surface area contributed by atoms with Crippen molar-refractivity contribution in [2.45, 2.75) is 12.5 Å². The van der Waals surface area contributed by atoms with Crippen molar-refractivity contribution in [1.29, 1.82) is 0 Å². The smallest absolute Gasteiger partial charge is 0.160 e. The molecule has 1 unspecified atom stereocenters. The molecule has 2 rings (SSSR count). The first-order valence-corrected chi connectivity index (χ1v) is 7.77. The van der Waals surface area contributed by atoms with Gasteiger partial charge in [0.05, 0.1) is 20.3 Å². The number of nitrogens with one attached hydrogen (secondary N) is 1. The molecule has 0 aliphatic rings. The molecule has 0 aliphatic carbocycles. The second-order valence-electron chi connectivity index (χ2n) is 5.28. The molecule has 23 heavy (non-hydrogen) atoms. The first-order chi connectivity index (χ1) is 11.3. The Hall–Kier alpha value is -2.04. The maximum absolute atomic E-state index is 5.56. The van der Waals surface area contributed by atoms with Gasteiger partial charge in [-0.05, 0) is 36.2 Å². The van der Waals surface area contributed by atoms with Crippen LogP contribution in [0.2, 0.25) is 0 Å². The summed E-state index contributed by atoms with van der Waals surface area (Å²) in [6, 6.07) is 16.3. The summed E-state index contributed by atoms with van der Waals surface area (Å²) in [5.74, 6) is 1.52. The van der Waals surface area contributed by atoms with E-state index in [0.717, 1.165) is 31.0 Å². The molecule has 124 valence electrons. The molecule has 2 aromatic carbocycles. The van der Waals surface area contributed by atoms with Crippen LogP contribution in [-0.4, -0.2) is 34.4 Å². The minimum atomic E-state index is 0.0709. The van der Waals surface area contributed by atoms with Gasteiger partial charge in [-0.25, -0.2) is 0 Å². The van der Waals surface area contributed by atoms with E-state index in [1.165, 1.54) is 11.1 Å². The molecule has 4 nitrogen and oxygen atoms in total. The molecule has 0 amide bonds. The van der Waals surface area contributed by atoms with Crippen molar-refractivity contribution in [3.05, 3.63) is 59.7 Å². The van der Waals surface area contributed by atoms with Crippen LogP contribution in [0.15, 0.2) is 48.5 Å². The van der Waals surface area contributed by atoms with Gasteiger partial charge in [0, 0.05) is 13.7 Å². The Morgan fingerprint density at radius 3 is 2.30 bits per heavy atom. The number of methoxy groups -OCH3 is 3. The molecule has 0 aromatic heterocycles. The average Bonchev–Trinajstić information content (AvgIpc) is 2.62. The molecule has 1 N–H and O–H groups in total. The summed E-state index contributed by atoms with van der Waals surface area (Å²) in [7, 11) is 5.05. The minimum absolute atomic E-state index is 0.0709. The maximum Gasteiger partial charge on any atom is 0.160 e. The Bertz CT molecular complexity index is 586. The second kappa shape index (κ2) is 9.18. The maximum atomic E-state index is 5.56. The molecule has 4 heteroatoms. The normalized spacial score (nSPS) is 12.0. The Morgan fingerprint density at radius 1 is 0.913 bits per heavy atom. The fraction of sp³-hybridized carbons (Fsp3) is 0.368. The monoisotopic (exact) mass is 315 g/mol. The summed E-state index contributed by atoms with van der Waals surface area (Å²) in [4.78, 5) is 0. The zero-order valence-electron chi connectivity index (χ0n) is 14.0. The van der Waals surface area contributed by atoms with Crippen LogP contribution in [0.25, 0.3) is 0 Å². The van der Waals surface area contributed by atoms with Crippen LogP contribution in [0.3, 0.4) is 0 Å². The lowest BCUT2D eigenvalue weighted by atomic mass is 10.1. The van der Waals surface area contributed by atoms with E-state index in [9.17, 15) is 0 Å². The summed E-state index contributed by atoms with van der Waals surface area (Å²) in [6.07, 6.45) is 0.993. The topological polar surface area (TPSA) is 39.7 Å². The summed E-state index contributed by atoms with van der Waals surface area (Å²) >= 11 is 0. The summed E-state index contributed by atoms with van der Waals surface area (Å²) in [5.41, 5.74) is 2.40. The molecule has 1 atom stereocenters. The van der Waals surface area contributed by atoms with Crippen molar-refractivity contribution in [2.75, 3.05) is 34.4 Å². The van der Waals surface area contributed by atoms with Crippen LogP contribution >= 0.6 is 0 Å². The van der Waals surface area contributed by atoms with Gasteiger partial charge in [0.1, 0.15) is 0 Å². The second-order valence-corrected chi connectivity index (χ2v) is 5.28. The molecule has 0 saturated carbocycles. The molecule has 0 saturated heterocycles. The van der Waals surface area contributed by atoms with Gasteiger partial charge in [0.2, 0.25) is 0 Å². The number of rotatable bonds is 9. The van der Waals surface area contributed by atoms with Crippen molar-refractivity contribution in [1.82, 2.24) is 5.32 Å². The molecule has 0 radical (unpaired) electrons. The van der Waals surface area contributed by atoms with Crippen molar-refractivity contribution in [2.24, 2.45) is 0 Å². The van der Waals surface area contributed by atoms with Gasteiger partial charge in [-0.3, -0.25) is 0 Å². The number of hydrogen-bond donors (Lipinski definition) is 1. The van der Waals surface area contributed by atoms with Crippen LogP contribution in [0.5, 0.6) is 11.5 Å². The zero-order chi connectivity index (χ0) is 16.5. The lowest BCUT2D eigenvalue weighted by Gasteiger charge is -2.16. The SMILES string of the molecule is COc1ccc(CCNCC(OC)c2ccccc2)cc1OC. The zero-order valence-corrected chi connectivity index (χ0v) is 14.0. The molecule has 2 aromatic rings. The third kappa shape index (κ3) is 4.98. The Balaban J connectivity index is 1.83. The fourth-order valence-corrected chi connectivity index (χ4v) is 2.51. The summed E-state index contributed by atoms with van der Waals surface area (Å²) in [5, 5.41) is 3.45. The van der Waals surface area contributed by atoms with E-state index in [2.05, 4.69) is 23.5 Å². The van der Waals surface area contributed by atoms with E-state index >= 15 is 0 Å². The van der Waals surface area contributed by atoms with Crippen LogP contribution < -0.4 is 14.8 Å². The van der Waals surface area contributed by atoms with Crippen molar-refractivity contribution in [3.63, 3.8) is 0 Å². The van der Waals surface area contributed by atoms with Gasteiger partial charge < -0.3 is 19.5 Å². The number of benzene rings is 2. The highest BCUT2D eigenvalue weighted by Gasteiger charge is 2.09. The van der Waals surface area contributed by atoms with Gasteiger partial charge in [-0.2, -0.15) is 0 Å². The van der Waals surface area contributed by atoms with Crippen LogP contribution in [0.1, 0.15) is 17.2 Å². The van der Waals surface area contributed by atoms with E-state index in [0.29, 0.717) is 0 Å². The first-order valence-electron chi connectivity index (χ1n) is 7.77. The fourth-order valence-electron chi connectivity index (χ4n) is 2.51. The largest absolute Gasteiger partial charge is 0.493 e. The van der Waals surface area contributed by atoms with E-state index in [1.54, 1.807) is 21.3 Å². The molecule has 0 aliphatic heterocycles. The average molecular weight is 315 g/mol. The first kappa shape index (κ1) is 17.3. The predicted octanol–water partition coefficient (Wildman–Crippen LogP) is 3.22. The number of hydrogen-bond acceptors (Lipinski definition) is 4. The highest BCUT2D eigenvalue weighted by Crippen LogP contribution is 2.27. The van der Waals surface area contributed by atoms with Crippen molar-refractivity contribution < 1.29 is 14.2 Å². The van der Waals surface area contributed by atoms with E-state index in [-0.39, 0.29) is 6.10 Å². The van der Waals surface area contributed by atoms with Crippen molar-refractivity contribution >= 4 is 0 Å². The van der Waals surface area contributed by atoms with E-state index in [1.807, 2.05) is 30.3 Å². The van der Waals surface area contributed by atoms with Crippen LogP contribution in [0, 0.1) is 0 Å². The molecule has 0 bridgehead atoms. The molecule has 0 heterocycles. The predicted molar refractivity (Wildman–Crippen MR) is 92.3 cm³/mol. The third-order valence-electron chi connectivity index (χ3n) is 3.82. The van der Waals surface area contributed by atoms with E-state index < -0.39 is 0 Å². The highest BCUT2D eigenvalue weighted by molar-refractivity contribution is 5.42. The van der Waals surface area contributed by atoms with Crippen LogP contribution in [-0.2, 0) is 11.2 Å². The molecule has 0 fully saturated rings. The Morgan fingerprint density at radius 2 is 1.65 bits per heavy atom. The van der Waals surface area contributed by atoms with Gasteiger partial charge in [0.25, 0.3) is 0 Å². The summed E-state index contributed by atoms with van der Waals surface area (Å²) < 4.78 is 16.1. The standard InChI is InChI=1S/C19H25NO3/c1-21-17-10-9-15(13-18(17)22-2)11-12-20-14-19(23-3)16-7-5-4-6-8-16/h4-10,13,19-20H,11-12,14H2,1-3H3. The quantitative estimate of drug-likeness (QED) is 0.721. The van der Waals surface area contributed by atoms with Gasteiger partial charge in [-0.15, -0.1) is 0 Å². The Labute approximate surface area is 138 Å². The lowest BCUT2D eigenvalue weighted by Crippen LogP contribution is -2.24. The van der Waals surface area contributed by atoms with Gasteiger partial charge >= 0.3 is 0 Å². The van der Waals surface area contributed by atoms with Gasteiger partial charge in [0.15, 0.2) is 11.5 Å². The third-order valence-corrected chi connectivity index (χ3v) is 3.82. The molecule has 0 spiro atoms. The van der Waals surface area contributed by atoms with Gasteiger partial charge in [-0.1, -0.05) is 36.4 Å². The molecular weight excluding hydrogens is 290 g/mol. The highest BCUT2D eigenvalue weighted by atomic mass is 16.5. The Kier molecular flexibility index (Phi) is 6.91. The molecular formula is C19H25NO3. The minimum Gasteiger partial charge on any atom is -0.493 e. The van der Waals surface area contributed by atoms with Crippen molar-refractivity contribution in [3.8, 4) is 11.5 Å².